The highest BCUT2D eigenvalue weighted by molar-refractivity contribution is 6.19. The van der Waals surface area contributed by atoms with Gasteiger partial charge >= 0.3 is 0 Å². The van der Waals surface area contributed by atoms with Crippen molar-refractivity contribution in [1.29, 1.82) is 0 Å². The second kappa shape index (κ2) is 8.34. The van der Waals surface area contributed by atoms with E-state index in [0.717, 1.165) is 11.3 Å². The van der Waals surface area contributed by atoms with Gasteiger partial charge in [-0.1, -0.05) is 18.2 Å². The molecule has 2 rings (SSSR count). The van der Waals surface area contributed by atoms with Gasteiger partial charge in [0.05, 0.1) is 12.0 Å². The molecule has 0 saturated heterocycles. The highest BCUT2D eigenvalue weighted by Gasteiger charge is 2.31. The van der Waals surface area contributed by atoms with E-state index in [1.54, 1.807) is 23.1 Å². The third-order valence-corrected chi connectivity index (χ3v) is 4.76. The molecule has 1 heterocycles. The highest BCUT2D eigenvalue weighted by atomic mass is 35.5. The molecule has 0 radical (unpaired) electrons. The zero-order chi connectivity index (χ0) is 18.4. The molecular weight excluding hydrogens is 339 g/mol. The van der Waals surface area contributed by atoms with Crippen molar-refractivity contribution in [3.8, 4) is 0 Å². The van der Waals surface area contributed by atoms with E-state index in [9.17, 15) is 9.18 Å². The van der Waals surface area contributed by atoms with E-state index in [-0.39, 0.29) is 17.6 Å². The molecule has 5 heteroatoms. The van der Waals surface area contributed by atoms with Gasteiger partial charge in [0.25, 0.3) is 0 Å². The first-order chi connectivity index (χ1) is 11.9. The molecule has 0 saturated carbocycles. The van der Waals surface area contributed by atoms with E-state index >= 15 is 0 Å². The van der Waals surface area contributed by atoms with Gasteiger partial charge in [-0.15, -0.1) is 18.2 Å². The maximum atomic E-state index is 13.1. The van der Waals surface area contributed by atoms with Gasteiger partial charge < -0.3 is 9.47 Å². The molecule has 1 aromatic heterocycles. The van der Waals surface area contributed by atoms with Crippen molar-refractivity contribution in [2.75, 3.05) is 12.4 Å². The van der Waals surface area contributed by atoms with Crippen molar-refractivity contribution >= 4 is 17.5 Å². The van der Waals surface area contributed by atoms with Crippen LogP contribution in [-0.4, -0.2) is 27.8 Å². The summed E-state index contributed by atoms with van der Waals surface area (Å²) >= 11 is 5.96. The van der Waals surface area contributed by atoms with Crippen molar-refractivity contribution in [3.63, 3.8) is 0 Å². The van der Waals surface area contributed by atoms with Crippen molar-refractivity contribution in [2.45, 2.75) is 26.9 Å². The summed E-state index contributed by atoms with van der Waals surface area (Å²) in [5, 5.41) is 0. The quantitative estimate of drug-likeness (QED) is 0.503. The second-order valence-corrected chi connectivity index (χ2v) is 7.01. The number of halogens is 2. The number of hydrogen-bond acceptors (Lipinski definition) is 1. The Morgan fingerprint density at radius 2 is 2.00 bits per heavy atom. The summed E-state index contributed by atoms with van der Waals surface area (Å²) in [5.74, 6) is 0.00950. The molecule has 0 unspecified atom stereocenters. The predicted molar refractivity (Wildman–Crippen MR) is 100 cm³/mol. The van der Waals surface area contributed by atoms with Gasteiger partial charge in [0.1, 0.15) is 5.82 Å². The lowest BCUT2D eigenvalue weighted by atomic mass is 9.94. The first-order valence-corrected chi connectivity index (χ1v) is 8.75. The fourth-order valence-corrected chi connectivity index (χ4v) is 2.70. The van der Waals surface area contributed by atoms with Crippen LogP contribution in [-0.2, 0) is 17.9 Å². The van der Waals surface area contributed by atoms with E-state index in [4.69, 9.17) is 11.6 Å². The lowest BCUT2D eigenvalue weighted by Crippen LogP contribution is -2.42. The Balaban J connectivity index is 2.17. The molecule has 1 amide bonds. The molecule has 0 N–H and O–H groups in total. The SMILES string of the molecule is C=CCN(Cc1cccn1Cc1ccc(F)cc1)C(=O)C(C)(C)CCl. The van der Waals surface area contributed by atoms with Gasteiger partial charge in [0.2, 0.25) is 5.91 Å². The first-order valence-electron chi connectivity index (χ1n) is 8.22. The van der Waals surface area contributed by atoms with Crippen LogP contribution in [0.2, 0.25) is 0 Å². The summed E-state index contributed by atoms with van der Waals surface area (Å²) in [5.41, 5.74) is 1.38. The third-order valence-electron chi connectivity index (χ3n) is 4.09. The molecule has 134 valence electrons. The van der Waals surface area contributed by atoms with Gasteiger partial charge in [-0.2, -0.15) is 0 Å². The maximum Gasteiger partial charge on any atom is 0.230 e. The molecule has 0 spiro atoms. The molecule has 0 aliphatic carbocycles. The zero-order valence-electron chi connectivity index (χ0n) is 14.7. The number of hydrogen-bond donors (Lipinski definition) is 0. The van der Waals surface area contributed by atoms with Gasteiger partial charge in [0.15, 0.2) is 0 Å². The molecule has 2 aromatic rings. The van der Waals surface area contributed by atoms with Crippen LogP contribution in [0.1, 0.15) is 25.1 Å². The largest absolute Gasteiger partial charge is 0.345 e. The average molecular weight is 363 g/mol. The lowest BCUT2D eigenvalue weighted by Gasteiger charge is -2.30. The minimum Gasteiger partial charge on any atom is -0.345 e. The Kier molecular flexibility index (Phi) is 6.43. The standard InChI is InChI=1S/C20H24ClFN2O/c1-4-11-24(19(25)20(2,3)15-21)14-18-6-5-12-23(18)13-16-7-9-17(22)10-8-16/h4-10,12H,1,11,13-15H2,2-3H3. The van der Waals surface area contributed by atoms with E-state index in [1.165, 1.54) is 12.1 Å². The molecule has 3 nitrogen and oxygen atoms in total. The summed E-state index contributed by atoms with van der Waals surface area (Å²) < 4.78 is 15.1. The minimum absolute atomic E-state index is 0.00284. The Morgan fingerprint density at radius 1 is 1.32 bits per heavy atom. The van der Waals surface area contributed by atoms with Crippen LogP contribution in [0.5, 0.6) is 0 Å². The molecule has 25 heavy (non-hydrogen) atoms. The number of alkyl halides is 1. The zero-order valence-corrected chi connectivity index (χ0v) is 15.5. The highest BCUT2D eigenvalue weighted by Crippen LogP contribution is 2.22. The van der Waals surface area contributed by atoms with Crippen LogP contribution < -0.4 is 0 Å². The second-order valence-electron chi connectivity index (χ2n) is 6.75. The monoisotopic (exact) mass is 362 g/mol. The maximum absolute atomic E-state index is 13.1. The number of carbonyl (C=O) groups excluding carboxylic acids is 1. The number of amides is 1. The van der Waals surface area contributed by atoms with Crippen LogP contribution in [0.25, 0.3) is 0 Å². The molecule has 1 aromatic carbocycles. The number of benzene rings is 1. The first kappa shape index (κ1) is 19.3. The summed E-state index contributed by atoms with van der Waals surface area (Å²) in [6.07, 6.45) is 3.68. The number of aromatic nitrogens is 1. The van der Waals surface area contributed by atoms with Gasteiger partial charge in [-0.05, 0) is 43.7 Å². The molecule has 0 aliphatic rings. The molecular formula is C20H24ClFN2O. The van der Waals surface area contributed by atoms with Crippen molar-refractivity contribution in [1.82, 2.24) is 9.47 Å². The summed E-state index contributed by atoms with van der Waals surface area (Å²) in [4.78, 5) is 14.5. The lowest BCUT2D eigenvalue weighted by molar-refractivity contribution is -0.139. The van der Waals surface area contributed by atoms with Gasteiger partial charge in [-0.25, -0.2) is 4.39 Å². The Bertz CT molecular complexity index is 722. The van der Waals surface area contributed by atoms with E-state index in [2.05, 4.69) is 11.1 Å². The van der Waals surface area contributed by atoms with E-state index < -0.39 is 5.41 Å². The van der Waals surface area contributed by atoms with Crippen LogP contribution >= 0.6 is 11.6 Å². The normalized spacial score (nSPS) is 11.4. The van der Waals surface area contributed by atoms with E-state index in [1.807, 2.05) is 32.2 Å². The predicted octanol–water partition coefficient (Wildman–Crippen LogP) is 4.46. The fourth-order valence-electron chi connectivity index (χ4n) is 2.59. The summed E-state index contributed by atoms with van der Waals surface area (Å²) in [6.45, 7) is 8.99. The Hall–Kier alpha value is -2.07. The van der Waals surface area contributed by atoms with Crippen LogP contribution in [0, 0.1) is 11.2 Å². The Labute approximate surface area is 153 Å². The number of nitrogens with zero attached hydrogens (tertiary/aromatic N) is 2. The third kappa shape index (κ3) is 4.95. The van der Waals surface area contributed by atoms with Crippen molar-refractivity contribution in [3.05, 3.63) is 72.3 Å². The van der Waals surface area contributed by atoms with Crippen LogP contribution in [0.3, 0.4) is 0 Å². The molecule has 0 bridgehead atoms. The summed E-state index contributed by atoms with van der Waals surface area (Å²) in [7, 11) is 0. The topological polar surface area (TPSA) is 25.2 Å². The van der Waals surface area contributed by atoms with Crippen LogP contribution in [0.15, 0.2) is 55.3 Å². The smallest absolute Gasteiger partial charge is 0.230 e. The molecule has 0 aliphatic heterocycles. The van der Waals surface area contributed by atoms with Gasteiger partial charge in [0, 0.05) is 30.9 Å². The number of carbonyl (C=O) groups is 1. The van der Waals surface area contributed by atoms with Crippen molar-refractivity contribution in [2.24, 2.45) is 5.41 Å². The van der Waals surface area contributed by atoms with E-state index in [0.29, 0.717) is 19.6 Å². The van der Waals surface area contributed by atoms with Gasteiger partial charge in [-0.3, -0.25) is 4.79 Å². The summed E-state index contributed by atoms with van der Waals surface area (Å²) in [6, 6.07) is 10.4. The molecule has 0 fully saturated rings. The van der Waals surface area contributed by atoms with Crippen LogP contribution in [0.4, 0.5) is 4.39 Å². The fraction of sp³-hybridized carbons (Fsp3) is 0.350. The molecule has 0 atom stereocenters. The van der Waals surface area contributed by atoms with Crippen molar-refractivity contribution < 1.29 is 9.18 Å². The Morgan fingerprint density at radius 3 is 2.60 bits per heavy atom. The average Bonchev–Trinajstić information content (AvgIpc) is 3.02. The minimum atomic E-state index is -0.626. The number of rotatable bonds is 8.